The van der Waals surface area contributed by atoms with E-state index in [-0.39, 0.29) is 10.6 Å². The van der Waals surface area contributed by atoms with E-state index in [0.29, 0.717) is 5.56 Å². The smallest absolute Gasteiger partial charge is 0.317 e. The fourth-order valence-corrected chi connectivity index (χ4v) is 1.82. The van der Waals surface area contributed by atoms with Crippen molar-refractivity contribution in [3.05, 3.63) is 16.5 Å². The van der Waals surface area contributed by atoms with Crippen molar-refractivity contribution >= 4 is 28.3 Å². The molecule has 1 rings (SSSR count). The minimum absolute atomic E-state index is 0.122. The Morgan fingerprint density at radius 2 is 2.14 bits per heavy atom. The van der Waals surface area contributed by atoms with Crippen molar-refractivity contribution in [1.82, 2.24) is 0 Å². The summed E-state index contributed by atoms with van der Waals surface area (Å²) in [6.07, 6.45) is 5.14. The lowest BCUT2D eigenvalue weighted by Gasteiger charge is -2.00. The predicted molar refractivity (Wildman–Crippen MR) is 54.0 cm³/mol. The average molecular weight is 209 g/mol. The van der Waals surface area contributed by atoms with Gasteiger partial charge >= 0.3 is 6.03 Å². The van der Waals surface area contributed by atoms with Crippen LogP contribution in [-0.2, 0) is 0 Å². The van der Waals surface area contributed by atoms with E-state index < -0.39 is 11.9 Å². The highest BCUT2D eigenvalue weighted by Crippen LogP contribution is 2.26. The van der Waals surface area contributed by atoms with Crippen LogP contribution in [-0.4, -0.2) is 11.9 Å². The van der Waals surface area contributed by atoms with E-state index in [9.17, 15) is 9.59 Å². The predicted octanol–water partition coefficient (Wildman–Crippen LogP) is 0.319. The number of urea groups is 1. The maximum absolute atomic E-state index is 11.0. The molecular weight excluding hydrogens is 202 g/mol. The molecule has 5 N–H and O–H groups in total. The van der Waals surface area contributed by atoms with E-state index in [4.69, 9.17) is 17.9 Å². The van der Waals surface area contributed by atoms with Crippen molar-refractivity contribution in [3.63, 3.8) is 0 Å². The van der Waals surface area contributed by atoms with Crippen molar-refractivity contribution < 1.29 is 9.59 Å². The number of hydrogen-bond acceptors (Lipinski definition) is 3. The highest BCUT2D eigenvalue weighted by atomic mass is 32.1. The first kappa shape index (κ1) is 10.1. The van der Waals surface area contributed by atoms with Gasteiger partial charge in [-0.2, -0.15) is 0 Å². The molecule has 0 unspecified atom stereocenters. The quantitative estimate of drug-likeness (QED) is 0.611. The molecule has 1 aromatic rings. The SMILES string of the molecule is C#Cc1csc(NC(N)=O)c1C(N)=O. The van der Waals surface area contributed by atoms with Gasteiger partial charge in [0.1, 0.15) is 5.00 Å². The molecule has 0 aliphatic heterocycles. The zero-order valence-corrected chi connectivity index (χ0v) is 7.85. The Morgan fingerprint density at radius 1 is 1.50 bits per heavy atom. The molecule has 0 fully saturated rings. The Labute approximate surface area is 84.1 Å². The average Bonchev–Trinajstić information content (AvgIpc) is 2.46. The second-order valence-corrected chi connectivity index (χ2v) is 3.23. The van der Waals surface area contributed by atoms with Crippen LogP contribution in [0.25, 0.3) is 0 Å². The molecular formula is C8H7N3O2S. The van der Waals surface area contributed by atoms with Crippen LogP contribution in [0.5, 0.6) is 0 Å². The first-order valence-corrected chi connectivity index (χ1v) is 4.38. The maximum atomic E-state index is 11.0. The zero-order chi connectivity index (χ0) is 10.7. The van der Waals surface area contributed by atoms with Crippen LogP contribution in [0.2, 0.25) is 0 Å². The molecule has 0 atom stereocenters. The van der Waals surface area contributed by atoms with E-state index in [1.54, 1.807) is 5.38 Å². The number of nitrogens with one attached hydrogen (secondary N) is 1. The van der Waals surface area contributed by atoms with E-state index in [0.717, 1.165) is 11.3 Å². The first-order valence-electron chi connectivity index (χ1n) is 3.50. The van der Waals surface area contributed by atoms with Crippen LogP contribution in [0.3, 0.4) is 0 Å². The third kappa shape index (κ3) is 1.84. The van der Waals surface area contributed by atoms with Gasteiger partial charge in [0.05, 0.1) is 5.56 Å². The second-order valence-electron chi connectivity index (χ2n) is 2.35. The molecule has 6 heteroatoms. The Bertz CT molecular complexity index is 430. The summed E-state index contributed by atoms with van der Waals surface area (Å²) in [4.78, 5) is 21.5. The van der Waals surface area contributed by atoms with Gasteiger partial charge in [0, 0.05) is 10.9 Å². The monoisotopic (exact) mass is 209 g/mol. The van der Waals surface area contributed by atoms with Crippen molar-refractivity contribution in [2.45, 2.75) is 0 Å². The fraction of sp³-hybridized carbons (Fsp3) is 0. The molecule has 0 spiro atoms. The number of carbonyl (C=O) groups is 2. The lowest BCUT2D eigenvalue weighted by Crippen LogP contribution is -2.21. The van der Waals surface area contributed by atoms with Crippen molar-refractivity contribution in [2.75, 3.05) is 5.32 Å². The van der Waals surface area contributed by atoms with Gasteiger partial charge < -0.3 is 11.5 Å². The maximum Gasteiger partial charge on any atom is 0.317 e. The number of carbonyl (C=O) groups excluding carboxylic acids is 2. The molecule has 0 radical (unpaired) electrons. The molecule has 0 bridgehead atoms. The molecule has 5 nitrogen and oxygen atoms in total. The van der Waals surface area contributed by atoms with Gasteiger partial charge in [0.2, 0.25) is 0 Å². The van der Waals surface area contributed by atoms with Crippen LogP contribution in [0.1, 0.15) is 15.9 Å². The van der Waals surface area contributed by atoms with E-state index in [2.05, 4.69) is 11.2 Å². The second kappa shape index (κ2) is 3.81. The number of primary amides is 2. The van der Waals surface area contributed by atoms with Gasteiger partial charge in [-0.15, -0.1) is 17.8 Å². The molecule has 0 aliphatic carbocycles. The number of rotatable bonds is 2. The largest absolute Gasteiger partial charge is 0.365 e. The normalized spacial score (nSPS) is 9.07. The fourth-order valence-electron chi connectivity index (χ4n) is 0.913. The summed E-state index contributed by atoms with van der Waals surface area (Å²) in [5.74, 6) is 1.60. The van der Waals surface area contributed by atoms with E-state index >= 15 is 0 Å². The first-order chi connectivity index (χ1) is 6.56. The summed E-state index contributed by atoms with van der Waals surface area (Å²) in [6.45, 7) is 0. The number of nitrogens with two attached hydrogens (primary N) is 2. The van der Waals surface area contributed by atoms with Gasteiger partial charge in [-0.1, -0.05) is 5.92 Å². The van der Waals surface area contributed by atoms with E-state index in [1.165, 1.54) is 0 Å². The van der Waals surface area contributed by atoms with Gasteiger partial charge in [-0.25, -0.2) is 4.79 Å². The molecule has 0 saturated carbocycles. The Hall–Kier alpha value is -2.00. The molecule has 1 aromatic heterocycles. The van der Waals surface area contributed by atoms with Crippen LogP contribution in [0.4, 0.5) is 9.80 Å². The molecule has 1 heterocycles. The molecule has 0 aromatic carbocycles. The summed E-state index contributed by atoms with van der Waals surface area (Å²) < 4.78 is 0. The summed E-state index contributed by atoms with van der Waals surface area (Å²) in [6, 6.07) is -0.766. The molecule has 0 aliphatic rings. The molecule has 14 heavy (non-hydrogen) atoms. The van der Waals surface area contributed by atoms with Crippen LogP contribution in [0, 0.1) is 12.3 Å². The lowest BCUT2D eigenvalue weighted by atomic mass is 10.2. The molecule has 3 amide bonds. The Kier molecular flexibility index (Phi) is 2.74. The third-order valence-electron chi connectivity index (χ3n) is 1.43. The van der Waals surface area contributed by atoms with Crippen molar-refractivity contribution in [2.24, 2.45) is 11.5 Å². The summed E-state index contributed by atoms with van der Waals surface area (Å²) in [5.41, 5.74) is 10.5. The highest BCUT2D eigenvalue weighted by Gasteiger charge is 2.16. The standard InChI is InChI=1S/C8H7N3O2S/c1-2-4-3-14-7(11-8(10)13)5(4)6(9)12/h1,3H,(H2,9,12)(H3,10,11,13). The summed E-state index contributed by atoms with van der Waals surface area (Å²) in [5, 5.41) is 4.09. The number of terminal acetylenes is 1. The van der Waals surface area contributed by atoms with Gasteiger partial charge in [-0.3, -0.25) is 10.1 Å². The highest BCUT2D eigenvalue weighted by molar-refractivity contribution is 7.15. The van der Waals surface area contributed by atoms with Crippen LogP contribution < -0.4 is 16.8 Å². The Balaban J connectivity index is 3.19. The minimum atomic E-state index is -0.766. The van der Waals surface area contributed by atoms with Gasteiger partial charge in [0.15, 0.2) is 0 Å². The number of amides is 3. The summed E-state index contributed by atoms with van der Waals surface area (Å²) >= 11 is 1.10. The van der Waals surface area contributed by atoms with E-state index in [1.807, 2.05) is 0 Å². The Morgan fingerprint density at radius 3 is 2.57 bits per heavy atom. The third-order valence-corrected chi connectivity index (χ3v) is 2.33. The number of hydrogen-bond donors (Lipinski definition) is 3. The van der Waals surface area contributed by atoms with Crippen molar-refractivity contribution in [3.8, 4) is 12.3 Å². The minimum Gasteiger partial charge on any atom is -0.365 e. The van der Waals surface area contributed by atoms with Crippen LogP contribution >= 0.6 is 11.3 Å². The van der Waals surface area contributed by atoms with Gasteiger partial charge in [-0.05, 0) is 0 Å². The summed E-state index contributed by atoms with van der Waals surface area (Å²) in [7, 11) is 0. The van der Waals surface area contributed by atoms with Gasteiger partial charge in [0.25, 0.3) is 5.91 Å². The molecule has 72 valence electrons. The van der Waals surface area contributed by atoms with Crippen molar-refractivity contribution in [1.29, 1.82) is 0 Å². The number of thiophene rings is 1. The van der Waals surface area contributed by atoms with Crippen LogP contribution in [0.15, 0.2) is 5.38 Å². The molecule has 0 saturated heterocycles. The number of anilines is 1. The zero-order valence-electron chi connectivity index (χ0n) is 7.03. The lowest BCUT2D eigenvalue weighted by molar-refractivity contribution is 0.100. The topological polar surface area (TPSA) is 98.2 Å².